The maximum Gasteiger partial charge on any atom is 0.239 e. The van der Waals surface area contributed by atoms with E-state index >= 15 is 0 Å². The molecule has 1 amide bonds. The van der Waals surface area contributed by atoms with Gasteiger partial charge >= 0.3 is 0 Å². The maximum atomic E-state index is 12.8. The van der Waals surface area contributed by atoms with Gasteiger partial charge in [-0.2, -0.15) is 0 Å². The van der Waals surface area contributed by atoms with Crippen LogP contribution in [0.4, 0.5) is 0 Å². The molecule has 0 aliphatic carbocycles. The van der Waals surface area contributed by atoms with Gasteiger partial charge in [0.2, 0.25) is 5.91 Å². The van der Waals surface area contributed by atoms with E-state index in [4.69, 9.17) is 23.2 Å². The zero-order valence-electron chi connectivity index (χ0n) is 16.4. The molecule has 0 bridgehead atoms. The van der Waals surface area contributed by atoms with Gasteiger partial charge in [0.15, 0.2) is 5.43 Å². The minimum absolute atomic E-state index is 0.0279. The van der Waals surface area contributed by atoms with E-state index in [2.05, 4.69) is 5.32 Å². The number of aromatic nitrogens is 1. The summed E-state index contributed by atoms with van der Waals surface area (Å²) < 4.78 is 1.88. The summed E-state index contributed by atoms with van der Waals surface area (Å²) in [5.74, 6) is -0.193. The third-order valence-electron chi connectivity index (χ3n) is 5.28. The topological polar surface area (TPSA) is 51.1 Å². The molecule has 0 aliphatic rings. The molecule has 0 saturated heterocycles. The van der Waals surface area contributed by atoms with Crippen molar-refractivity contribution in [3.63, 3.8) is 0 Å². The van der Waals surface area contributed by atoms with Gasteiger partial charge in [-0.3, -0.25) is 9.59 Å². The van der Waals surface area contributed by atoms with Crippen molar-refractivity contribution >= 4 is 50.9 Å². The third-order valence-corrected chi connectivity index (χ3v) is 5.94. The second kappa shape index (κ2) is 8.50. The average molecular weight is 439 g/mol. The lowest BCUT2D eigenvalue weighted by Crippen LogP contribution is -2.31. The first-order chi connectivity index (χ1) is 14.5. The summed E-state index contributed by atoms with van der Waals surface area (Å²) in [4.78, 5) is 25.6. The Morgan fingerprint density at radius 2 is 1.43 bits per heavy atom. The number of fused-ring (bicyclic) bond motifs is 2. The minimum atomic E-state index is -0.149. The van der Waals surface area contributed by atoms with E-state index in [1.165, 1.54) is 0 Å². The van der Waals surface area contributed by atoms with Crippen LogP contribution in [-0.2, 0) is 11.3 Å². The van der Waals surface area contributed by atoms with Crippen LogP contribution in [0, 0.1) is 0 Å². The molecule has 0 fully saturated rings. The number of hydrogen-bond donors (Lipinski definition) is 1. The Balaban J connectivity index is 1.62. The predicted molar refractivity (Wildman–Crippen MR) is 124 cm³/mol. The monoisotopic (exact) mass is 438 g/mol. The Bertz CT molecular complexity index is 1230. The van der Waals surface area contributed by atoms with E-state index in [0.717, 1.165) is 16.6 Å². The summed E-state index contributed by atoms with van der Waals surface area (Å²) in [7, 11) is 0. The van der Waals surface area contributed by atoms with E-state index in [9.17, 15) is 9.59 Å². The summed E-state index contributed by atoms with van der Waals surface area (Å²) in [6.45, 7) is 2.47. The third kappa shape index (κ3) is 3.81. The van der Waals surface area contributed by atoms with Crippen LogP contribution in [0.3, 0.4) is 0 Å². The van der Waals surface area contributed by atoms with E-state index in [-0.39, 0.29) is 23.8 Å². The number of rotatable bonds is 5. The SMILES string of the molecule is CC(CNC(=O)Cn1c2ccccc2c(=O)c2ccccc21)c1c(Cl)cccc1Cl. The number of pyridine rings is 1. The highest BCUT2D eigenvalue weighted by molar-refractivity contribution is 6.36. The van der Waals surface area contributed by atoms with Crippen LogP contribution in [0.1, 0.15) is 18.4 Å². The second-order valence-corrected chi connectivity index (χ2v) is 8.10. The average Bonchev–Trinajstić information content (AvgIpc) is 2.75. The van der Waals surface area contributed by atoms with Gasteiger partial charge in [0.1, 0.15) is 6.54 Å². The number of carbonyl (C=O) groups excluding carboxylic acids is 1. The van der Waals surface area contributed by atoms with Crippen molar-refractivity contribution in [2.24, 2.45) is 0 Å². The molecule has 1 N–H and O–H groups in total. The number of hydrogen-bond acceptors (Lipinski definition) is 2. The lowest BCUT2D eigenvalue weighted by Gasteiger charge is -2.18. The van der Waals surface area contributed by atoms with Crippen molar-refractivity contribution in [2.75, 3.05) is 6.54 Å². The van der Waals surface area contributed by atoms with Crippen LogP contribution in [0.15, 0.2) is 71.5 Å². The molecular formula is C24H20Cl2N2O2. The Labute approximate surface area is 184 Å². The molecule has 1 unspecified atom stereocenters. The second-order valence-electron chi connectivity index (χ2n) is 7.29. The van der Waals surface area contributed by atoms with Gasteiger partial charge in [-0.25, -0.2) is 0 Å². The van der Waals surface area contributed by atoms with Gasteiger partial charge < -0.3 is 9.88 Å². The summed E-state index contributed by atoms with van der Waals surface area (Å²) in [5, 5.41) is 5.34. The van der Waals surface area contributed by atoms with Gasteiger partial charge in [0.25, 0.3) is 0 Å². The Hall–Kier alpha value is -2.82. The first-order valence-corrected chi connectivity index (χ1v) is 10.4. The molecule has 1 heterocycles. The van der Waals surface area contributed by atoms with E-state index in [1.807, 2.05) is 47.9 Å². The number of benzene rings is 3. The van der Waals surface area contributed by atoms with Crippen LogP contribution in [0.2, 0.25) is 10.0 Å². The number of halogens is 2. The van der Waals surface area contributed by atoms with Gasteiger partial charge in [0.05, 0.1) is 11.0 Å². The summed E-state index contributed by atoms with van der Waals surface area (Å²) in [6, 6.07) is 20.1. The van der Waals surface area contributed by atoms with Gasteiger partial charge in [-0.1, -0.05) is 60.5 Å². The number of nitrogens with one attached hydrogen (secondary N) is 1. The first kappa shape index (κ1) is 20.5. The standard InChI is InChI=1S/C24H20Cl2N2O2/c1-15(23-18(25)9-6-10-19(23)26)13-27-22(29)14-28-20-11-4-2-7-16(20)24(30)17-8-3-5-12-21(17)28/h2-12,15H,13-14H2,1H3,(H,27,29). The number of para-hydroxylation sites is 2. The summed E-state index contributed by atoms with van der Waals surface area (Å²) in [5.41, 5.74) is 2.26. The number of carbonyl (C=O) groups is 1. The molecule has 4 rings (SSSR count). The first-order valence-electron chi connectivity index (χ1n) is 9.68. The van der Waals surface area contributed by atoms with Crippen LogP contribution >= 0.6 is 23.2 Å². The molecule has 1 atom stereocenters. The fraction of sp³-hybridized carbons (Fsp3) is 0.167. The molecule has 0 spiro atoms. The summed E-state index contributed by atoms with van der Waals surface area (Å²) >= 11 is 12.6. The molecule has 0 saturated carbocycles. The molecule has 152 valence electrons. The summed E-state index contributed by atoms with van der Waals surface area (Å²) in [6.07, 6.45) is 0. The van der Waals surface area contributed by atoms with Crippen LogP contribution in [-0.4, -0.2) is 17.0 Å². The molecule has 0 aliphatic heterocycles. The predicted octanol–water partition coefficient (Wildman–Crippen LogP) is 5.38. The number of nitrogens with zero attached hydrogens (tertiary/aromatic N) is 1. The Morgan fingerprint density at radius 3 is 2.00 bits per heavy atom. The molecule has 4 aromatic rings. The minimum Gasteiger partial charge on any atom is -0.354 e. The zero-order valence-corrected chi connectivity index (χ0v) is 17.9. The molecule has 4 nitrogen and oxygen atoms in total. The van der Waals surface area contributed by atoms with Crippen LogP contribution < -0.4 is 10.7 Å². The van der Waals surface area contributed by atoms with Gasteiger partial charge in [-0.05, 0) is 42.0 Å². The quantitative estimate of drug-likeness (QED) is 0.425. The lowest BCUT2D eigenvalue weighted by atomic mass is 10.0. The van der Waals surface area contributed by atoms with Crippen molar-refractivity contribution in [3.05, 3.63) is 92.6 Å². The van der Waals surface area contributed by atoms with Crippen LogP contribution in [0.25, 0.3) is 21.8 Å². The van der Waals surface area contributed by atoms with Crippen molar-refractivity contribution in [1.29, 1.82) is 0 Å². The molecule has 6 heteroatoms. The van der Waals surface area contributed by atoms with E-state index < -0.39 is 0 Å². The maximum absolute atomic E-state index is 12.8. The Morgan fingerprint density at radius 1 is 0.900 bits per heavy atom. The smallest absolute Gasteiger partial charge is 0.239 e. The van der Waals surface area contributed by atoms with Crippen molar-refractivity contribution in [1.82, 2.24) is 9.88 Å². The van der Waals surface area contributed by atoms with Gasteiger partial charge in [-0.15, -0.1) is 0 Å². The molecular weight excluding hydrogens is 419 g/mol. The van der Waals surface area contributed by atoms with Crippen molar-refractivity contribution in [2.45, 2.75) is 19.4 Å². The fourth-order valence-electron chi connectivity index (χ4n) is 3.80. The number of amides is 1. The highest BCUT2D eigenvalue weighted by atomic mass is 35.5. The normalized spacial score (nSPS) is 12.2. The van der Waals surface area contributed by atoms with Crippen molar-refractivity contribution in [3.8, 4) is 0 Å². The lowest BCUT2D eigenvalue weighted by molar-refractivity contribution is -0.121. The fourth-order valence-corrected chi connectivity index (χ4v) is 4.57. The van der Waals surface area contributed by atoms with E-state index in [0.29, 0.717) is 27.4 Å². The highest BCUT2D eigenvalue weighted by Crippen LogP contribution is 2.31. The van der Waals surface area contributed by atoms with Gasteiger partial charge in [0, 0.05) is 33.3 Å². The van der Waals surface area contributed by atoms with Crippen LogP contribution in [0.5, 0.6) is 0 Å². The zero-order chi connectivity index (χ0) is 21.3. The largest absolute Gasteiger partial charge is 0.354 e. The van der Waals surface area contributed by atoms with Crippen molar-refractivity contribution < 1.29 is 4.79 Å². The highest BCUT2D eigenvalue weighted by Gasteiger charge is 2.16. The molecule has 3 aromatic carbocycles. The van der Waals surface area contributed by atoms with E-state index in [1.54, 1.807) is 30.3 Å². The Kier molecular flexibility index (Phi) is 5.80. The molecule has 30 heavy (non-hydrogen) atoms. The molecule has 1 aromatic heterocycles. The molecule has 0 radical (unpaired) electrons.